The monoisotopic (exact) mass is 526 g/mol. The molecule has 196 valence electrons. The van der Waals surface area contributed by atoms with Gasteiger partial charge in [-0.05, 0) is 61.3 Å². The van der Waals surface area contributed by atoms with Gasteiger partial charge in [-0.25, -0.2) is 9.78 Å². The Kier molecular flexibility index (Phi) is 7.10. The first-order chi connectivity index (χ1) is 18.2. The second-order valence-electron chi connectivity index (χ2n) is 10.9. The summed E-state index contributed by atoms with van der Waals surface area (Å²) in [5.74, 6) is -0.119. The minimum Gasteiger partial charge on any atom is -0.465 e. The number of carbonyl (C=O) groups excluding carboxylic acids is 2. The average Bonchev–Trinajstić information content (AvgIpc) is 3.28. The topological polar surface area (TPSA) is 68.3 Å². The van der Waals surface area contributed by atoms with Crippen LogP contribution in [0, 0.1) is 18.3 Å². The first kappa shape index (κ1) is 26.1. The Bertz CT molecular complexity index is 1540. The third kappa shape index (κ3) is 4.85. The number of ether oxygens (including phenoxy) is 1. The zero-order valence-corrected chi connectivity index (χ0v) is 23.5. The van der Waals surface area contributed by atoms with Gasteiger partial charge < -0.3 is 10.1 Å². The summed E-state index contributed by atoms with van der Waals surface area (Å²) in [6.07, 6.45) is 3.85. The minimum atomic E-state index is -0.397. The molecule has 4 aromatic rings. The van der Waals surface area contributed by atoms with Crippen LogP contribution in [0.5, 0.6) is 0 Å². The number of nitrogens with one attached hydrogen (secondary N) is 1. The van der Waals surface area contributed by atoms with Crippen molar-refractivity contribution in [3.63, 3.8) is 0 Å². The van der Waals surface area contributed by atoms with Gasteiger partial charge >= 0.3 is 5.97 Å². The number of thiophene rings is 1. The third-order valence-corrected chi connectivity index (χ3v) is 9.34. The van der Waals surface area contributed by atoms with Crippen LogP contribution in [-0.4, -0.2) is 24.0 Å². The lowest BCUT2D eigenvalue weighted by atomic mass is 9.69. The van der Waals surface area contributed by atoms with E-state index in [1.165, 1.54) is 23.3 Å². The predicted octanol–water partition coefficient (Wildman–Crippen LogP) is 7.85. The van der Waals surface area contributed by atoms with E-state index in [1.807, 2.05) is 55.5 Å². The highest BCUT2D eigenvalue weighted by Crippen LogP contribution is 2.46. The van der Waals surface area contributed by atoms with E-state index in [2.05, 4.69) is 32.2 Å². The zero-order chi connectivity index (χ0) is 27.0. The number of pyridine rings is 1. The zero-order valence-electron chi connectivity index (χ0n) is 22.7. The molecule has 0 radical (unpaired) electrons. The maximum absolute atomic E-state index is 13.8. The van der Waals surface area contributed by atoms with Crippen LogP contribution in [0.25, 0.3) is 22.2 Å². The van der Waals surface area contributed by atoms with Gasteiger partial charge in [-0.15, -0.1) is 11.3 Å². The number of hydrogen-bond donors (Lipinski definition) is 1. The summed E-state index contributed by atoms with van der Waals surface area (Å²) in [5, 5.41) is 4.44. The molecular weight excluding hydrogens is 492 g/mol. The Morgan fingerprint density at radius 1 is 1.13 bits per heavy atom. The molecule has 2 heterocycles. The molecule has 0 fully saturated rings. The number of benzene rings is 2. The summed E-state index contributed by atoms with van der Waals surface area (Å²) in [6, 6.07) is 17.6. The number of aromatic nitrogens is 1. The molecule has 2 aromatic heterocycles. The molecular formula is C32H34N2O3S. The summed E-state index contributed by atoms with van der Waals surface area (Å²) < 4.78 is 5.17. The number of amides is 1. The number of esters is 1. The first-order valence-corrected chi connectivity index (χ1v) is 14.0. The largest absolute Gasteiger partial charge is 0.465 e. The molecule has 5 rings (SSSR count). The molecule has 0 spiro atoms. The highest BCUT2D eigenvalue weighted by molar-refractivity contribution is 7.17. The molecule has 0 aliphatic heterocycles. The number of fused-ring (bicyclic) bond motifs is 2. The molecule has 1 N–H and O–H groups in total. The molecule has 1 atom stereocenters. The second kappa shape index (κ2) is 10.3. The highest BCUT2D eigenvalue weighted by Gasteiger charge is 2.35. The number of methoxy groups -OCH3 is 1. The van der Waals surface area contributed by atoms with Gasteiger partial charge in [0, 0.05) is 15.8 Å². The standard InChI is InChI=1S/C32H34N2O3S/c1-6-32(3,4)21-14-15-23-27(17-21)38-30(28(23)31(36)37-5)34-29(35)24-18-26(20-11-9-10-19(2)16-20)33-25-13-8-7-12-22(24)25/h7-13,16,18,21H,6,14-15,17H2,1-5H3,(H,34,35)/t21-/m0/s1. The molecule has 6 heteroatoms. The lowest BCUT2D eigenvalue weighted by molar-refractivity contribution is 0.0600. The highest BCUT2D eigenvalue weighted by atomic mass is 32.1. The molecule has 0 bridgehead atoms. The summed E-state index contributed by atoms with van der Waals surface area (Å²) in [6.45, 7) is 8.91. The van der Waals surface area contributed by atoms with E-state index in [9.17, 15) is 9.59 Å². The number of rotatable bonds is 6. The van der Waals surface area contributed by atoms with Gasteiger partial charge in [0.1, 0.15) is 5.00 Å². The van der Waals surface area contributed by atoms with E-state index in [4.69, 9.17) is 9.72 Å². The minimum absolute atomic E-state index is 0.221. The number of para-hydroxylation sites is 1. The first-order valence-electron chi connectivity index (χ1n) is 13.2. The Labute approximate surface area is 228 Å². The van der Waals surface area contributed by atoms with Crippen LogP contribution in [0.2, 0.25) is 0 Å². The smallest absolute Gasteiger partial charge is 0.341 e. The van der Waals surface area contributed by atoms with Gasteiger partial charge in [-0.1, -0.05) is 69.2 Å². The summed E-state index contributed by atoms with van der Waals surface area (Å²) in [7, 11) is 1.40. The lowest BCUT2D eigenvalue weighted by Crippen LogP contribution is -2.28. The number of aryl methyl sites for hydroxylation is 1. The molecule has 1 amide bonds. The van der Waals surface area contributed by atoms with Crippen molar-refractivity contribution in [1.82, 2.24) is 4.98 Å². The Morgan fingerprint density at radius 2 is 1.92 bits per heavy atom. The van der Waals surface area contributed by atoms with Gasteiger partial charge in [-0.2, -0.15) is 0 Å². The van der Waals surface area contributed by atoms with Crippen molar-refractivity contribution in [2.45, 2.75) is 53.4 Å². The average molecular weight is 527 g/mol. The SMILES string of the molecule is CCC(C)(C)[C@H]1CCc2c(sc(NC(=O)c3cc(-c4cccc(C)c4)nc4ccccc34)c2C(=O)OC)C1. The van der Waals surface area contributed by atoms with E-state index in [0.29, 0.717) is 22.0 Å². The number of anilines is 1. The van der Waals surface area contributed by atoms with Crippen molar-refractivity contribution in [2.75, 3.05) is 12.4 Å². The van der Waals surface area contributed by atoms with Crippen LogP contribution in [0.1, 0.15) is 70.3 Å². The van der Waals surface area contributed by atoms with Crippen LogP contribution >= 0.6 is 11.3 Å². The lowest BCUT2D eigenvalue weighted by Gasteiger charge is -2.36. The van der Waals surface area contributed by atoms with Gasteiger partial charge in [0.25, 0.3) is 5.91 Å². The molecule has 0 saturated carbocycles. The van der Waals surface area contributed by atoms with Gasteiger partial charge in [0.2, 0.25) is 0 Å². The Hall–Kier alpha value is -3.51. The maximum Gasteiger partial charge on any atom is 0.341 e. The van der Waals surface area contributed by atoms with Gasteiger partial charge in [-0.3, -0.25) is 4.79 Å². The van der Waals surface area contributed by atoms with Crippen LogP contribution in [0.4, 0.5) is 5.00 Å². The summed E-state index contributed by atoms with van der Waals surface area (Å²) >= 11 is 1.52. The summed E-state index contributed by atoms with van der Waals surface area (Å²) in [5.41, 5.74) is 5.85. The van der Waals surface area contributed by atoms with Crippen molar-refractivity contribution in [3.8, 4) is 11.3 Å². The van der Waals surface area contributed by atoms with Crippen LogP contribution < -0.4 is 5.32 Å². The predicted molar refractivity (Wildman–Crippen MR) is 155 cm³/mol. The fourth-order valence-corrected chi connectivity index (χ4v) is 6.74. The van der Waals surface area contributed by atoms with Crippen molar-refractivity contribution in [3.05, 3.63) is 81.7 Å². The van der Waals surface area contributed by atoms with E-state index in [-0.39, 0.29) is 11.3 Å². The molecule has 2 aromatic carbocycles. The molecule has 5 nitrogen and oxygen atoms in total. The molecule has 1 aliphatic rings. The van der Waals surface area contributed by atoms with E-state index in [1.54, 1.807) is 0 Å². The molecule has 0 saturated heterocycles. The van der Waals surface area contributed by atoms with Crippen molar-refractivity contribution >= 4 is 39.1 Å². The number of hydrogen-bond acceptors (Lipinski definition) is 5. The van der Waals surface area contributed by atoms with Crippen molar-refractivity contribution in [1.29, 1.82) is 0 Å². The van der Waals surface area contributed by atoms with Crippen molar-refractivity contribution < 1.29 is 14.3 Å². The second-order valence-corrected chi connectivity index (χ2v) is 12.0. The van der Waals surface area contributed by atoms with Crippen LogP contribution in [-0.2, 0) is 17.6 Å². The van der Waals surface area contributed by atoms with Crippen LogP contribution in [0.3, 0.4) is 0 Å². The normalized spacial score (nSPS) is 15.2. The molecule has 38 heavy (non-hydrogen) atoms. The van der Waals surface area contributed by atoms with E-state index in [0.717, 1.165) is 59.0 Å². The number of nitrogens with zero attached hydrogens (tertiary/aromatic N) is 1. The number of carbonyl (C=O) groups is 2. The fourth-order valence-electron chi connectivity index (χ4n) is 5.43. The van der Waals surface area contributed by atoms with Gasteiger partial charge in [0.05, 0.1) is 29.4 Å². The van der Waals surface area contributed by atoms with E-state index >= 15 is 0 Å². The fraction of sp³-hybridized carbons (Fsp3) is 0.344. The quantitative estimate of drug-likeness (QED) is 0.260. The Morgan fingerprint density at radius 3 is 2.66 bits per heavy atom. The van der Waals surface area contributed by atoms with Crippen molar-refractivity contribution in [2.24, 2.45) is 11.3 Å². The maximum atomic E-state index is 13.8. The summed E-state index contributed by atoms with van der Waals surface area (Å²) in [4.78, 5) is 32.8. The van der Waals surface area contributed by atoms with Crippen LogP contribution in [0.15, 0.2) is 54.6 Å². The third-order valence-electron chi connectivity index (χ3n) is 8.17. The Balaban J connectivity index is 1.55. The molecule has 1 aliphatic carbocycles. The van der Waals surface area contributed by atoms with Gasteiger partial charge in [0.15, 0.2) is 0 Å². The molecule has 0 unspecified atom stereocenters. The van der Waals surface area contributed by atoms with E-state index < -0.39 is 5.97 Å².